The largest absolute Gasteiger partial charge is 0.508 e. The van der Waals surface area contributed by atoms with E-state index >= 15 is 0 Å². The maximum atomic E-state index is 12.0. The van der Waals surface area contributed by atoms with Crippen molar-refractivity contribution in [2.45, 2.75) is 6.92 Å². The highest BCUT2D eigenvalue weighted by atomic mass is 32.2. The average Bonchev–Trinajstić information content (AvgIpc) is 2.81. The summed E-state index contributed by atoms with van der Waals surface area (Å²) in [4.78, 5) is 16.9. The van der Waals surface area contributed by atoms with Gasteiger partial charge in [-0.1, -0.05) is 35.9 Å². The van der Waals surface area contributed by atoms with E-state index in [1.54, 1.807) is 24.3 Å². The number of phenols is 1. The van der Waals surface area contributed by atoms with E-state index in [9.17, 15) is 9.90 Å². The van der Waals surface area contributed by atoms with Gasteiger partial charge < -0.3 is 10.4 Å². The molecule has 1 fully saturated rings. The Morgan fingerprint density at radius 3 is 2.68 bits per heavy atom. The van der Waals surface area contributed by atoms with Crippen LogP contribution in [0, 0.1) is 6.92 Å². The number of phenolic OH excluding ortho intramolecular Hbond substituents is 1. The third-order valence-electron chi connectivity index (χ3n) is 3.09. The maximum Gasteiger partial charge on any atom is 0.264 e. The van der Waals surface area contributed by atoms with Gasteiger partial charge in [0, 0.05) is 6.07 Å². The molecule has 0 aliphatic carbocycles. The van der Waals surface area contributed by atoms with E-state index in [1.165, 1.54) is 17.3 Å². The molecule has 1 aliphatic heterocycles. The van der Waals surface area contributed by atoms with Gasteiger partial charge in [-0.05, 0) is 42.5 Å². The van der Waals surface area contributed by atoms with Crippen LogP contribution in [0.4, 0.5) is 5.69 Å². The fourth-order valence-electron chi connectivity index (χ4n) is 1.97. The number of aryl methyl sites for hydroxylation is 1. The number of amidine groups is 1. The second-order valence-corrected chi connectivity index (χ2v) is 5.94. The van der Waals surface area contributed by atoms with Gasteiger partial charge in [-0.15, -0.1) is 0 Å². The molecule has 2 aromatic carbocycles. The number of hydrogen-bond acceptors (Lipinski definition) is 4. The Labute approximate surface area is 132 Å². The van der Waals surface area contributed by atoms with Crippen molar-refractivity contribution < 1.29 is 9.90 Å². The summed E-state index contributed by atoms with van der Waals surface area (Å²) in [6.45, 7) is 2.02. The Morgan fingerprint density at radius 1 is 1.18 bits per heavy atom. The summed E-state index contributed by atoms with van der Waals surface area (Å²) in [6.07, 6.45) is 1.84. The number of aromatic hydroxyl groups is 1. The van der Waals surface area contributed by atoms with Crippen LogP contribution in [0.15, 0.2) is 58.4 Å². The Bertz CT molecular complexity index is 780. The van der Waals surface area contributed by atoms with Gasteiger partial charge in [0.05, 0.1) is 10.6 Å². The lowest BCUT2D eigenvalue weighted by Crippen LogP contribution is -2.19. The van der Waals surface area contributed by atoms with E-state index in [-0.39, 0.29) is 11.7 Å². The SMILES string of the molecule is Cc1ccc(/C=C2/SC(=Nc3cccc(O)c3)NC2=O)cc1. The highest BCUT2D eigenvalue weighted by Crippen LogP contribution is 2.28. The van der Waals surface area contributed by atoms with E-state index in [0.717, 1.165) is 5.56 Å². The van der Waals surface area contributed by atoms with Gasteiger partial charge in [-0.3, -0.25) is 4.79 Å². The van der Waals surface area contributed by atoms with E-state index in [4.69, 9.17) is 0 Å². The second kappa shape index (κ2) is 6.07. The zero-order valence-electron chi connectivity index (χ0n) is 11.9. The minimum atomic E-state index is -0.163. The van der Waals surface area contributed by atoms with Gasteiger partial charge in [0.15, 0.2) is 5.17 Å². The first-order chi connectivity index (χ1) is 10.6. The van der Waals surface area contributed by atoms with Crippen molar-refractivity contribution in [2.24, 2.45) is 4.99 Å². The highest BCUT2D eigenvalue weighted by Gasteiger charge is 2.23. The average molecular weight is 310 g/mol. The molecule has 0 bridgehead atoms. The first-order valence-electron chi connectivity index (χ1n) is 6.75. The number of rotatable bonds is 2. The van der Waals surface area contributed by atoms with E-state index < -0.39 is 0 Å². The monoisotopic (exact) mass is 310 g/mol. The quantitative estimate of drug-likeness (QED) is 0.833. The smallest absolute Gasteiger partial charge is 0.264 e. The van der Waals surface area contributed by atoms with Gasteiger partial charge in [0.25, 0.3) is 5.91 Å². The molecule has 110 valence electrons. The molecule has 0 spiro atoms. The Hall–Kier alpha value is -2.53. The van der Waals surface area contributed by atoms with Crippen LogP contribution in [-0.2, 0) is 4.79 Å². The minimum Gasteiger partial charge on any atom is -0.508 e. The molecule has 1 aliphatic rings. The zero-order valence-corrected chi connectivity index (χ0v) is 12.7. The number of thioether (sulfide) groups is 1. The van der Waals surface area contributed by atoms with Crippen LogP contribution >= 0.6 is 11.8 Å². The van der Waals surface area contributed by atoms with Crippen LogP contribution in [0.1, 0.15) is 11.1 Å². The van der Waals surface area contributed by atoms with Crippen molar-refractivity contribution in [1.29, 1.82) is 0 Å². The summed E-state index contributed by atoms with van der Waals surface area (Å²) in [5.74, 6) is -0.0175. The summed E-state index contributed by atoms with van der Waals surface area (Å²) in [5.41, 5.74) is 2.75. The van der Waals surface area contributed by atoms with Crippen LogP contribution in [0.2, 0.25) is 0 Å². The molecular weight excluding hydrogens is 296 g/mol. The van der Waals surface area contributed by atoms with Crippen molar-refractivity contribution in [3.05, 3.63) is 64.6 Å². The second-order valence-electron chi connectivity index (χ2n) is 4.91. The fourth-order valence-corrected chi connectivity index (χ4v) is 2.82. The van der Waals surface area contributed by atoms with Crippen LogP contribution in [0.25, 0.3) is 6.08 Å². The van der Waals surface area contributed by atoms with E-state index in [2.05, 4.69) is 10.3 Å². The zero-order chi connectivity index (χ0) is 15.5. The van der Waals surface area contributed by atoms with Crippen molar-refractivity contribution in [3.8, 4) is 5.75 Å². The molecule has 1 heterocycles. The van der Waals surface area contributed by atoms with E-state index in [0.29, 0.717) is 15.8 Å². The normalized spacial score (nSPS) is 18.0. The molecule has 1 amide bonds. The summed E-state index contributed by atoms with van der Waals surface area (Å²) >= 11 is 1.29. The summed E-state index contributed by atoms with van der Waals surface area (Å²) in [6, 6.07) is 14.5. The van der Waals surface area contributed by atoms with Gasteiger partial charge >= 0.3 is 0 Å². The van der Waals surface area contributed by atoms with Gasteiger partial charge in [0.1, 0.15) is 5.75 Å². The van der Waals surface area contributed by atoms with E-state index in [1.807, 2.05) is 37.3 Å². The van der Waals surface area contributed by atoms with Gasteiger partial charge in [0.2, 0.25) is 0 Å². The van der Waals surface area contributed by atoms with Crippen LogP contribution in [0.3, 0.4) is 0 Å². The first kappa shape index (κ1) is 14.4. The molecule has 1 saturated heterocycles. The lowest BCUT2D eigenvalue weighted by Gasteiger charge is -1.97. The number of hydrogen-bond donors (Lipinski definition) is 2. The maximum absolute atomic E-state index is 12.0. The fraction of sp³-hybridized carbons (Fsp3) is 0.0588. The topological polar surface area (TPSA) is 61.7 Å². The Kier molecular flexibility index (Phi) is 3.98. The van der Waals surface area contributed by atoms with Gasteiger partial charge in [-0.2, -0.15) is 0 Å². The molecule has 0 aromatic heterocycles. The molecule has 22 heavy (non-hydrogen) atoms. The predicted octanol–water partition coefficient (Wildman–Crippen LogP) is 3.59. The standard InChI is InChI=1S/C17H14N2O2S/c1-11-5-7-12(8-6-11)9-15-16(21)19-17(22-15)18-13-3-2-4-14(20)10-13/h2-10,20H,1H3,(H,18,19,21)/b15-9+. The molecule has 2 aromatic rings. The van der Waals surface area contributed by atoms with Crippen molar-refractivity contribution in [2.75, 3.05) is 0 Å². The van der Waals surface area contributed by atoms with Crippen LogP contribution in [-0.4, -0.2) is 16.2 Å². The van der Waals surface area contributed by atoms with Gasteiger partial charge in [-0.25, -0.2) is 4.99 Å². The molecule has 0 radical (unpaired) electrons. The van der Waals surface area contributed by atoms with Crippen LogP contribution < -0.4 is 5.32 Å². The lowest BCUT2D eigenvalue weighted by molar-refractivity contribution is -0.115. The third-order valence-corrected chi connectivity index (χ3v) is 4.00. The third kappa shape index (κ3) is 3.38. The number of nitrogens with one attached hydrogen (secondary N) is 1. The highest BCUT2D eigenvalue weighted by molar-refractivity contribution is 8.18. The van der Waals surface area contributed by atoms with Crippen LogP contribution in [0.5, 0.6) is 5.75 Å². The molecule has 2 N–H and O–H groups in total. The number of benzene rings is 2. The number of nitrogens with zero attached hydrogens (tertiary/aromatic N) is 1. The number of amides is 1. The Balaban J connectivity index is 1.82. The lowest BCUT2D eigenvalue weighted by atomic mass is 10.1. The molecule has 3 rings (SSSR count). The summed E-state index contributed by atoms with van der Waals surface area (Å²) in [5, 5.41) is 12.7. The van der Waals surface area contributed by atoms with Crippen molar-refractivity contribution >= 4 is 34.6 Å². The summed E-state index contributed by atoms with van der Waals surface area (Å²) in [7, 11) is 0. The predicted molar refractivity (Wildman–Crippen MR) is 90.1 cm³/mol. The first-order valence-corrected chi connectivity index (χ1v) is 7.57. The number of carbonyl (C=O) groups is 1. The molecular formula is C17H14N2O2S. The Morgan fingerprint density at radius 2 is 1.95 bits per heavy atom. The molecule has 5 heteroatoms. The minimum absolute atomic E-state index is 0.145. The summed E-state index contributed by atoms with van der Waals surface area (Å²) < 4.78 is 0. The molecule has 0 unspecified atom stereocenters. The molecule has 4 nitrogen and oxygen atoms in total. The number of aliphatic imine (C=N–C) groups is 1. The molecule has 0 atom stereocenters. The van der Waals surface area contributed by atoms with Crippen molar-refractivity contribution in [3.63, 3.8) is 0 Å². The molecule has 0 saturated carbocycles. The number of carbonyl (C=O) groups excluding carboxylic acids is 1. The van der Waals surface area contributed by atoms with Crippen molar-refractivity contribution in [1.82, 2.24) is 5.32 Å².